The van der Waals surface area contributed by atoms with Crippen LogP contribution in [-0.2, 0) is 28.6 Å². The molecule has 0 aromatic carbocycles. The van der Waals surface area contributed by atoms with Gasteiger partial charge in [0, 0.05) is 19.3 Å². The second kappa shape index (κ2) is 55.2. The van der Waals surface area contributed by atoms with Gasteiger partial charge in [0.2, 0.25) is 0 Å². The van der Waals surface area contributed by atoms with Crippen LogP contribution in [0.5, 0.6) is 0 Å². The third-order valence-electron chi connectivity index (χ3n) is 12.0. The van der Waals surface area contributed by atoms with Crippen LogP contribution >= 0.6 is 0 Å². The fourth-order valence-corrected chi connectivity index (χ4v) is 7.82. The Kier molecular flexibility index (Phi) is 52.4. The maximum atomic E-state index is 12.8. The number of unbranched alkanes of at least 4 members (excludes halogenated alkanes) is 30. The average molecular weight is 933 g/mol. The minimum atomic E-state index is -0.805. The van der Waals surface area contributed by atoms with Crippen molar-refractivity contribution in [3.05, 3.63) is 85.1 Å². The summed E-state index contributed by atoms with van der Waals surface area (Å²) in [5, 5.41) is 0. The number of carbonyl (C=O) groups is 3. The van der Waals surface area contributed by atoms with Gasteiger partial charge in [-0.05, 0) is 64.2 Å². The number of ether oxygens (including phenoxy) is 3. The average Bonchev–Trinajstić information content (AvgIpc) is 3.33. The summed E-state index contributed by atoms with van der Waals surface area (Å²) in [7, 11) is 0. The molecule has 67 heavy (non-hydrogen) atoms. The standard InChI is InChI=1S/C61H104O6/c1-4-7-10-13-16-19-22-25-28-30-32-33-36-39-42-45-48-51-54-60(63)66-57-58(56-65-59(62)53-50-47-44-41-38-35-27-24-21-18-15-12-9-6-3)67-61(64)55-52-49-46-43-40-37-34-31-29-26-23-20-17-14-11-8-5-2/h8,11,14,17,20,23,26,29,31,34-35,37-38,40,58H,4-7,9-10,12-13,15-16,18-19,21-22,24-25,27-28,30,32-33,36,39,41-57H2,1-3H3/b11-8-,17-14-,23-20-,29-26-,34-31+,38-35-,40-37-. The predicted octanol–water partition coefficient (Wildman–Crippen LogP) is 18.8. The Morgan fingerprint density at radius 1 is 0.313 bits per heavy atom. The Morgan fingerprint density at radius 3 is 0.970 bits per heavy atom. The van der Waals surface area contributed by atoms with Crippen LogP contribution in [0.4, 0.5) is 0 Å². The predicted molar refractivity (Wildman–Crippen MR) is 288 cm³/mol. The van der Waals surface area contributed by atoms with Gasteiger partial charge in [0.1, 0.15) is 13.2 Å². The van der Waals surface area contributed by atoms with Crippen molar-refractivity contribution >= 4 is 17.9 Å². The van der Waals surface area contributed by atoms with E-state index in [1.165, 1.54) is 141 Å². The van der Waals surface area contributed by atoms with Crippen LogP contribution in [0.2, 0.25) is 0 Å². The van der Waals surface area contributed by atoms with E-state index >= 15 is 0 Å². The van der Waals surface area contributed by atoms with Crippen molar-refractivity contribution in [3.63, 3.8) is 0 Å². The Morgan fingerprint density at radius 2 is 0.597 bits per heavy atom. The summed E-state index contributed by atoms with van der Waals surface area (Å²) in [6, 6.07) is 0. The van der Waals surface area contributed by atoms with Crippen molar-refractivity contribution in [1.82, 2.24) is 0 Å². The summed E-state index contributed by atoms with van der Waals surface area (Å²) < 4.78 is 16.8. The lowest BCUT2D eigenvalue weighted by atomic mass is 10.0. The van der Waals surface area contributed by atoms with Crippen LogP contribution in [0, 0.1) is 0 Å². The monoisotopic (exact) mass is 933 g/mol. The highest BCUT2D eigenvalue weighted by atomic mass is 16.6. The molecule has 384 valence electrons. The highest BCUT2D eigenvalue weighted by Gasteiger charge is 2.19. The molecule has 0 heterocycles. The lowest BCUT2D eigenvalue weighted by Crippen LogP contribution is -2.30. The minimum Gasteiger partial charge on any atom is -0.462 e. The van der Waals surface area contributed by atoms with E-state index < -0.39 is 6.10 Å². The molecule has 0 aliphatic heterocycles. The highest BCUT2D eigenvalue weighted by molar-refractivity contribution is 5.71. The molecular formula is C61H104O6. The van der Waals surface area contributed by atoms with Crippen LogP contribution < -0.4 is 0 Å². The number of hydrogen-bond acceptors (Lipinski definition) is 6. The number of esters is 3. The van der Waals surface area contributed by atoms with Crippen molar-refractivity contribution in [2.24, 2.45) is 0 Å². The zero-order valence-electron chi connectivity index (χ0n) is 43.9. The van der Waals surface area contributed by atoms with Crippen molar-refractivity contribution in [1.29, 1.82) is 0 Å². The molecule has 0 aromatic rings. The van der Waals surface area contributed by atoms with Crippen molar-refractivity contribution in [3.8, 4) is 0 Å². The second-order valence-corrected chi connectivity index (χ2v) is 18.6. The Bertz CT molecular complexity index is 1300. The molecule has 0 rings (SSSR count). The second-order valence-electron chi connectivity index (χ2n) is 18.6. The smallest absolute Gasteiger partial charge is 0.306 e. The number of allylic oxidation sites excluding steroid dienone is 14. The number of rotatable bonds is 50. The van der Waals surface area contributed by atoms with Crippen LogP contribution in [-0.4, -0.2) is 37.2 Å². The molecule has 0 radical (unpaired) electrons. The summed E-state index contributed by atoms with van der Waals surface area (Å²) in [4.78, 5) is 38.1. The molecule has 1 atom stereocenters. The SMILES string of the molecule is CC\C=C/C=C\C=C/C=C\C=C\C=C/CCCCCC(=O)OC(COC(=O)CCCCC/C=C\CCCCCCCCC)COC(=O)CCCCCCCCCCCCCCCCCCCC. The Labute approximate surface area is 414 Å². The van der Waals surface area contributed by atoms with Gasteiger partial charge >= 0.3 is 17.9 Å². The molecule has 6 heteroatoms. The van der Waals surface area contributed by atoms with Crippen molar-refractivity contribution in [2.45, 2.75) is 271 Å². The summed E-state index contributed by atoms with van der Waals surface area (Å²) in [6.45, 7) is 6.46. The first-order chi connectivity index (χ1) is 33.0. The quantitative estimate of drug-likeness (QED) is 0.0199. The molecule has 0 amide bonds. The van der Waals surface area contributed by atoms with E-state index in [0.717, 1.165) is 77.0 Å². The zero-order valence-corrected chi connectivity index (χ0v) is 43.9. The minimum absolute atomic E-state index is 0.0976. The van der Waals surface area contributed by atoms with E-state index in [1.807, 2.05) is 60.8 Å². The van der Waals surface area contributed by atoms with Gasteiger partial charge in [0.05, 0.1) is 0 Å². The molecule has 0 N–H and O–H groups in total. The first-order valence-corrected chi connectivity index (χ1v) is 28.2. The lowest BCUT2D eigenvalue weighted by molar-refractivity contribution is -0.167. The topological polar surface area (TPSA) is 78.9 Å². The van der Waals surface area contributed by atoms with E-state index in [0.29, 0.717) is 19.3 Å². The molecule has 0 fully saturated rings. The molecule has 0 saturated carbocycles. The van der Waals surface area contributed by atoms with E-state index in [2.05, 4.69) is 45.1 Å². The van der Waals surface area contributed by atoms with Crippen LogP contribution in [0.15, 0.2) is 85.1 Å². The summed E-state index contributed by atoms with van der Waals surface area (Å²) >= 11 is 0. The molecular weight excluding hydrogens is 829 g/mol. The van der Waals surface area contributed by atoms with Crippen LogP contribution in [0.3, 0.4) is 0 Å². The van der Waals surface area contributed by atoms with Crippen LogP contribution in [0.1, 0.15) is 265 Å². The van der Waals surface area contributed by atoms with Gasteiger partial charge in [0.15, 0.2) is 6.10 Å². The number of hydrogen-bond donors (Lipinski definition) is 0. The summed E-state index contributed by atoms with van der Waals surface area (Å²) in [5.41, 5.74) is 0. The van der Waals surface area contributed by atoms with Crippen LogP contribution in [0.25, 0.3) is 0 Å². The van der Waals surface area contributed by atoms with Gasteiger partial charge in [-0.1, -0.05) is 266 Å². The molecule has 0 spiro atoms. The molecule has 0 bridgehead atoms. The van der Waals surface area contributed by atoms with Crippen molar-refractivity contribution in [2.75, 3.05) is 13.2 Å². The highest BCUT2D eigenvalue weighted by Crippen LogP contribution is 2.16. The number of carbonyl (C=O) groups excluding carboxylic acids is 3. The first kappa shape index (κ1) is 63.6. The molecule has 6 nitrogen and oxygen atoms in total. The molecule has 0 aliphatic carbocycles. The van der Waals surface area contributed by atoms with Gasteiger partial charge in [-0.15, -0.1) is 0 Å². The molecule has 0 aliphatic rings. The fourth-order valence-electron chi connectivity index (χ4n) is 7.82. The third kappa shape index (κ3) is 53.4. The van der Waals surface area contributed by atoms with E-state index in [-0.39, 0.29) is 37.5 Å². The van der Waals surface area contributed by atoms with Gasteiger partial charge < -0.3 is 14.2 Å². The molecule has 1 unspecified atom stereocenters. The van der Waals surface area contributed by atoms with Gasteiger partial charge in [-0.3, -0.25) is 14.4 Å². The summed E-state index contributed by atoms with van der Waals surface area (Å²) in [5.74, 6) is -0.952. The van der Waals surface area contributed by atoms with Gasteiger partial charge in [-0.2, -0.15) is 0 Å². The zero-order chi connectivity index (χ0) is 48.6. The van der Waals surface area contributed by atoms with Gasteiger partial charge in [0.25, 0.3) is 0 Å². The van der Waals surface area contributed by atoms with Gasteiger partial charge in [-0.25, -0.2) is 0 Å². The van der Waals surface area contributed by atoms with E-state index in [4.69, 9.17) is 14.2 Å². The maximum absolute atomic E-state index is 12.8. The lowest BCUT2D eigenvalue weighted by Gasteiger charge is -2.18. The third-order valence-corrected chi connectivity index (χ3v) is 12.0. The van der Waals surface area contributed by atoms with E-state index in [1.54, 1.807) is 0 Å². The largest absolute Gasteiger partial charge is 0.462 e. The fraction of sp³-hybridized carbons (Fsp3) is 0.721. The molecule has 0 saturated heterocycles. The van der Waals surface area contributed by atoms with Crippen molar-refractivity contribution < 1.29 is 28.6 Å². The first-order valence-electron chi connectivity index (χ1n) is 28.2. The maximum Gasteiger partial charge on any atom is 0.306 e. The summed E-state index contributed by atoms with van der Waals surface area (Å²) in [6.07, 6.45) is 71.4. The normalized spacial score (nSPS) is 12.7. The Hall–Kier alpha value is -3.41. The molecule has 0 aromatic heterocycles. The Balaban J connectivity index is 4.46. The van der Waals surface area contributed by atoms with E-state index in [9.17, 15) is 14.4 Å².